The summed E-state index contributed by atoms with van der Waals surface area (Å²) in [5, 5.41) is 10.9. The zero-order chi connectivity index (χ0) is 24.7. The maximum atomic E-state index is 10.9. The van der Waals surface area contributed by atoms with Crippen molar-refractivity contribution in [2.24, 2.45) is 5.92 Å². The second-order valence-electron chi connectivity index (χ2n) is 10.6. The van der Waals surface area contributed by atoms with E-state index in [1.165, 1.54) is 18.4 Å². The lowest BCUT2D eigenvalue weighted by atomic mass is 9.79. The topological polar surface area (TPSA) is 60.4 Å². The highest BCUT2D eigenvalue weighted by molar-refractivity contribution is 5.61. The predicted molar refractivity (Wildman–Crippen MR) is 141 cm³/mol. The van der Waals surface area contributed by atoms with Gasteiger partial charge < -0.3 is 29.0 Å². The highest BCUT2D eigenvalue weighted by atomic mass is 16.5. The number of benzene rings is 2. The lowest BCUT2D eigenvalue weighted by molar-refractivity contribution is -0.0426. The van der Waals surface area contributed by atoms with Crippen LogP contribution < -0.4 is 9.64 Å². The molecule has 0 radical (unpaired) electrons. The van der Waals surface area contributed by atoms with Gasteiger partial charge in [-0.25, -0.2) is 0 Å². The van der Waals surface area contributed by atoms with Gasteiger partial charge in [0.05, 0.1) is 37.7 Å². The summed E-state index contributed by atoms with van der Waals surface area (Å²) in [6.45, 7) is 5.37. The molecule has 0 saturated heterocycles. The van der Waals surface area contributed by atoms with Crippen molar-refractivity contribution in [1.29, 1.82) is 0 Å². The largest absolute Gasteiger partial charge is 0.490 e. The SMILES string of the molecule is COCCCN1CCOc2ccc(CO[C@H]3CCC[C@@H](O)[C@@H]3c3ccc(COCC4CC4)cc3)cc21. The van der Waals surface area contributed by atoms with Crippen molar-refractivity contribution in [3.63, 3.8) is 0 Å². The second-order valence-corrected chi connectivity index (χ2v) is 10.6. The van der Waals surface area contributed by atoms with E-state index in [2.05, 4.69) is 47.4 Å². The molecule has 2 aromatic rings. The molecule has 0 bridgehead atoms. The fourth-order valence-corrected chi connectivity index (χ4v) is 5.47. The van der Waals surface area contributed by atoms with Gasteiger partial charge in [0.15, 0.2) is 0 Å². The molecule has 2 saturated carbocycles. The lowest BCUT2D eigenvalue weighted by Gasteiger charge is -2.36. The minimum absolute atomic E-state index is 0.00388. The summed E-state index contributed by atoms with van der Waals surface area (Å²) in [5.74, 6) is 1.71. The van der Waals surface area contributed by atoms with Crippen LogP contribution in [0.4, 0.5) is 5.69 Å². The van der Waals surface area contributed by atoms with Gasteiger partial charge in [-0.15, -0.1) is 0 Å². The number of hydrogen-bond donors (Lipinski definition) is 1. The molecule has 196 valence electrons. The van der Waals surface area contributed by atoms with Crippen LogP contribution in [-0.4, -0.2) is 57.3 Å². The van der Waals surface area contributed by atoms with Crippen molar-refractivity contribution >= 4 is 5.69 Å². The highest BCUT2D eigenvalue weighted by Gasteiger charge is 2.34. The molecule has 2 aromatic carbocycles. The quantitative estimate of drug-likeness (QED) is 0.415. The van der Waals surface area contributed by atoms with Crippen molar-refractivity contribution < 1.29 is 24.1 Å². The zero-order valence-corrected chi connectivity index (χ0v) is 21.6. The first-order valence-corrected chi connectivity index (χ1v) is 13.7. The number of ether oxygens (including phenoxy) is 4. The maximum Gasteiger partial charge on any atom is 0.142 e. The van der Waals surface area contributed by atoms with Crippen LogP contribution in [0.15, 0.2) is 42.5 Å². The van der Waals surface area contributed by atoms with E-state index in [0.29, 0.717) is 19.8 Å². The van der Waals surface area contributed by atoms with Gasteiger partial charge in [0.1, 0.15) is 12.4 Å². The van der Waals surface area contributed by atoms with E-state index in [4.69, 9.17) is 18.9 Å². The van der Waals surface area contributed by atoms with Gasteiger partial charge >= 0.3 is 0 Å². The number of nitrogens with zero attached hydrogens (tertiary/aromatic N) is 1. The Morgan fingerprint density at radius 1 is 1.00 bits per heavy atom. The Bertz CT molecular complexity index is 960. The molecule has 2 aliphatic carbocycles. The normalized spacial score (nSPS) is 23.8. The number of methoxy groups -OCH3 is 1. The average Bonchev–Trinajstić information content (AvgIpc) is 3.73. The van der Waals surface area contributed by atoms with Crippen LogP contribution in [-0.2, 0) is 27.4 Å². The molecule has 6 heteroatoms. The molecule has 3 atom stereocenters. The smallest absolute Gasteiger partial charge is 0.142 e. The van der Waals surface area contributed by atoms with E-state index in [-0.39, 0.29) is 18.1 Å². The molecule has 1 heterocycles. The molecule has 1 N–H and O–H groups in total. The van der Waals surface area contributed by atoms with Crippen LogP contribution in [0.25, 0.3) is 0 Å². The number of fused-ring (bicyclic) bond motifs is 1. The summed E-state index contributed by atoms with van der Waals surface area (Å²) >= 11 is 0. The van der Waals surface area contributed by atoms with E-state index in [0.717, 1.165) is 80.5 Å². The first kappa shape index (κ1) is 25.5. The Morgan fingerprint density at radius 2 is 1.83 bits per heavy atom. The maximum absolute atomic E-state index is 10.9. The molecule has 36 heavy (non-hydrogen) atoms. The van der Waals surface area contributed by atoms with E-state index in [1.807, 2.05) is 0 Å². The Hall–Kier alpha value is -2.12. The zero-order valence-electron chi connectivity index (χ0n) is 21.6. The van der Waals surface area contributed by atoms with Gasteiger partial charge in [-0.1, -0.05) is 30.3 Å². The molecule has 5 rings (SSSR count). The summed E-state index contributed by atoms with van der Waals surface area (Å²) in [6, 6.07) is 14.9. The van der Waals surface area contributed by atoms with Crippen molar-refractivity contribution in [2.75, 3.05) is 44.9 Å². The molecular weight excluding hydrogens is 454 g/mol. The van der Waals surface area contributed by atoms with Crippen LogP contribution in [0.2, 0.25) is 0 Å². The van der Waals surface area contributed by atoms with Gasteiger partial charge in [-0.2, -0.15) is 0 Å². The van der Waals surface area contributed by atoms with Crippen LogP contribution in [0.1, 0.15) is 61.1 Å². The Balaban J connectivity index is 1.21. The Morgan fingerprint density at radius 3 is 2.64 bits per heavy atom. The molecule has 0 amide bonds. The lowest BCUT2D eigenvalue weighted by Crippen LogP contribution is -2.36. The average molecular weight is 496 g/mol. The molecule has 2 fully saturated rings. The molecule has 1 aliphatic heterocycles. The van der Waals surface area contributed by atoms with Crippen molar-refractivity contribution in [2.45, 2.75) is 69.9 Å². The number of aliphatic hydroxyl groups is 1. The number of hydrogen-bond acceptors (Lipinski definition) is 6. The summed E-state index contributed by atoms with van der Waals surface area (Å²) < 4.78 is 23.5. The third kappa shape index (κ3) is 6.60. The monoisotopic (exact) mass is 495 g/mol. The molecule has 6 nitrogen and oxygen atoms in total. The standard InChI is InChI=1S/C30H41NO5/c1-33-16-3-14-31-15-17-35-28-13-10-24(18-26(28)31)21-36-29-5-2-4-27(32)30(29)25-11-8-23(9-12-25)20-34-19-22-6-7-22/h8-13,18,22,27,29-30,32H,2-7,14-17,19-21H2,1H3/t27-,29+,30+/m1/s1. The Labute approximate surface area is 215 Å². The minimum Gasteiger partial charge on any atom is -0.490 e. The van der Waals surface area contributed by atoms with Gasteiger partial charge in [0.25, 0.3) is 0 Å². The fourth-order valence-electron chi connectivity index (χ4n) is 5.47. The molecule has 0 spiro atoms. The number of rotatable bonds is 12. The van der Waals surface area contributed by atoms with E-state index in [9.17, 15) is 5.11 Å². The van der Waals surface area contributed by atoms with Gasteiger partial charge in [-0.3, -0.25) is 0 Å². The summed E-state index contributed by atoms with van der Waals surface area (Å²) in [4.78, 5) is 2.38. The van der Waals surface area contributed by atoms with Crippen LogP contribution in [0, 0.1) is 5.92 Å². The van der Waals surface area contributed by atoms with Crippen LogP contribution in [0.3, 0.4) is 0 Å². The fraction of sp³-hybridized carbons (Fsp3) is 0.600. The van der Waals surface area contributed by atoms with Gasteiger partial charge in [0, 0.05) is 32.8 Å². The number of aliphatic hydroxyl groups excluding tert-OH is 1. The van der Waals surface area contributed by atoms with E-state index < -0.39 is 0 Å². The summed E-state index contributed by atoms with van der Waals surface area (Å²) in [5.41, 5.74) is 4.62. The van der Waals surface area contributed by atoms with Crippen molar-refractivity contribution in [3.05, 3.63) is 59.2 Å². The van der Waals surface area contributed by atoms with Crippen LogP contribution >= 0.6 is 0 Å². The van der Waals surface area contributed by atoms with Gasteiger partial charge in [-0.05, 0) is 73.3 Å². The third-order valence-corrected chi connectivity index (χ3v) is 7.71. The number of anilines is 1. The van der Waals surface area contributed by atoms with Gasteiger partial charge in [0.2, 0.25) is 0 Å². The summed E-state index contributed by atoms with van der Waals surface area (Å²) in [7, 11) is 1.75. The Kier molecular flexibility index (Phi) is 8.80. The molecule has 0 unspecified atom stereocenters. The van der Waals surface area contributed by atoms with E-state index >= 15 is 0 Å². The molecule has 0 aromatic heterocycles. The second kappa shape index (κ2) is 12.4. The minimum atomic E-state index is -0.381. The first-order chi connectivity index (χ1) is 17.7. The molecule has 3 aliphatic rings. The first-order valence-electron chi connectivity index (χ1n) is 13.7. The predicted octanol–water partition coefficient (Wildman–Crippen LogP) is 5.06. The molecular formula is C30H41NO5. The third-order valence-electron chi connectivity index (χ3n) is 7.71. The highest BCUT2D eigenvalue weighted by Crippen LogP contribution is 2.37. The van der Waals surface area contributed by atoms with Crippen molar-refractivity contribution in [3.8, 4) is 5.75 Å². The summed E-state index contributed by atoms with van der Waals surface area (Å²) in [6.07, 6.45) is 6.00. The van der Waals surface area contributed by atoms with Crippen LogP contribution in [0.5, 0.6) is 5.75 Å². The van der Waals surface area contributed by atoms with E-state index in [1.54, 1.807) is 7.11 Å². The van der Waals surface area contributed by atoms with Crippen molar-refractivity contribution in [1.82, 2.24) is 0 Å².